The normalized spacial score (nSPS) is 16.7. The van der Waals surface area contributed by atoms with E-state index in [-0.39, 0.29) is 24.8 Å². The summed E-state index contributed by atoms with van der Waals surface area (Å²) >= 11 is 0. The van der Waals surface area contributed by atoms with Crippen LogP contribution in [0.5, 0.6) is 0 Å². The quantitative estimate of drug-likeness (QED) is 0.281. The van der Waals surface area contributed by atoms with Gasteiger partial charge in [0, 0.05) is 53.8 Å². The predicted octanol–water partition coefficient (Wildman–Crippen LogP) is 5.36. The molecule has 2 fully saturated rings. The van der Waals surface area contributed by atoms with Gasteiger partial charge in [0.05, 0.1) is 38.0 Å². The molecule has 0 saturated carbocycles. The molecule has 0 aliphatic carbocycles. The first-order valence-corrected chi connectivity index (χ1v) is 13.5. The third-order valence-corrected chi connectivity index (χ3v) is 7.61. The van der Waals surface area contributed by atoms with Crippen molar-refractivity contribution in [3.05, 3.63) is 79.0 Å². The van der Waals surface area contributed by atoms with Gasteiger partial charge in [0.15, 0.2) is 5.82 Å². The van der Waals surface area contributed by atoms with E-state index in [1.807, 2.05) is 47.0 Å². The van der Waals surface area contributed by atoms with E-state index < -0.39 is 12.5 Å². The summed E-state index contributed by atoms with van der Waals surface area (Å²) < 4.78 is 35.1. The van der Waals surface area contributed by atoms with Crippen LogP contribution in [0.3, 0.4) is 0 Å². The summed E-state index contributed by atoms with van der Waals surface area (Å²) in [6, 6.07) is 17.3. The number of anilines is 2. The van der Waals surface area contributed by atoms with Crippen molar-refractivity contribution in [2.45, 2.75) is 18.9 Å². The molecule has 2 aromatic carbocycles. The number of hydrogen-bond acceptors (Lipinski definition) is 6. The van der Waals surface area contributed by atoms with Crippen molar-refractivity contribution in [2.75, 3.05) is 31.6 Å². The molecular formula is C30H27F2N7O2. The van der Waals surface area contributed by atoms with E-state index in [1.165, 1.54) is 4.90 Å². The number of hydrogen-bond donors (Lipinski definition) is 2. The van der Waals surface area contributed by atoms with E-state index in [2.05, 4.69) is 20.3 Å². The molecule has 1 amide bonds. The van der Waals surface area contributed by atoms with E-state index in [9.17, 15) is 13.6 Å². The van der Waals surface area contributed by atoms with Gasteiger partial charge >= 0.3 is 0 Å². The smallest absolute Gasteiger partial charge is 0.270 e. The lowest BCUT2D eigenvalue weighted by atomic mass is 10.1. The average molecular weight is 556 g/mol. The fourth-order valence-corrected chi connectivity index (χ4v) is 5.35. The minimum atomic E-state index is -2.85. The second kappa shape index (κ2) is 10.1. The van der Waals surface area contributed by atoms with Gasteiger partial charge in [-0.2, -0.15) is 0 Å². The van der Waals surface area contributed by atoms with Crippen LogP contribution in [0.15, 0.2) is 73.3 Å². The molecule has 2 N–H and O–H groups in total. The number of aromatic amines is 1. The molecule has 7 rings (SSSR count). The van der Waals surface area contributed by atoms with Gasteiger partial charge in [-0.15, -0.1) is 0 Å². The summed E-state index contributed by atoms with van der Waals surface area (Å²) in [6.07, 6.45) is 4.81. The van der Waals surface area contributed by atoms with Crippen LogP contribution < -0.4 is 5.32 Å². The first kappa shape index (κ1) is 25.3. The maximum absolute atomic E-state index is 13.9. The van der Waals surface area contributed by atoms with Crippen LogP contribution in [0, 0.1) is 5.92 Å². The zero-order chi connectivity index (χ0) is 28.0. The highest BCUT2D eigenvalue weighted by Crippen LogP contribution is 2.32. The molecule has 3 aromatic heterocycles. The van der Waals surface area contributed by atoms with Gasteiger partial charge in [0.1, 0.15) is 11.5 Å². The Morgan fingerprint density at radius 3 is 2.63 bits per heavy atom. The van der Waals surface area contributed by atoms with E-state index in [4.69, 9.17) is 9.72 Å². The number of halogens is 2. The number of aromatic nitrogens is 5. The first-order chi connectivity index (χ1) is 19.9. The molecule has 0 unspecified atom stereocenters. The monoisotopic (exact) mass is 555 g/mol. The largest absolute Gasteiger partial charge is 0.381 e. The van der Waals surface area contributed by atoms with Gasteiger partial charge in [0.2, 0.25) is 0 Å². The van der Waals surface area contributed by atoms with Crippen molar-refractivity contribution in [1.82, 2.24) is 29.4 Å². The van der Waals surface area contributed by atoms with E-state index in [0.717, 1.165) is 33.4 Å². The minimum absolute atomic E-state index is 0.0463. The standard InChI is InChI=1S/C30H27F2N7O2/c31-30(32)8-10-38(17-30)29(40)26-11-21-1-2-22(12-25(21)39(26)14-19-15-41-16-19)28-34-9-7-27(37-28)36-23-5-3-20(4-6-23)24-13-33-18-35-24/h1-7,9,11-13,18-19H,8,10,14-17H2,(H,33,35)(H,34,36,37). The molecule has 2 aliphatic rings. The van der Waals surface area contributed by atoms with E-state index in [1.54, 1.807) is 30.9 Å². The van der Waals surface area contributed by atoms with Crippen molar-refractivity contribution >= 4 is 28.3 Å². The maximum atomic E-state index is 13.9. The van der Waals surface area contributed by atoms with E-state index in [0.29, 0.717) is 37.1 Å². The summed E-state index contributed by atoms with van der Waals surface area (Å²) in [5.41, 5.74) is 4.87. The fraction of sp³-hybridized carbons (Fsp3) is 0.267. The van der Waals surface area contributed by atoms with Crippen LogP contribution in [0.2, 0.25) is 0 Å². The second-order valence-electron chi connectivity index (χ2n) is 10.6. The molecule has 5 heterocycles. The Bertz CT molecular complexity index is 1710. The number of likely N-dealkylation sites (tertiary alicyclic amines) is 1. The Balaban J connectivity index is 1.18. The molecule has 11 heteroatoms. The first-order valence-electron chi connectivity index (χ1n) is 13.5. The van der Waals surface area contributed by atoms with Crippen molar-refractivity contribution in [3.63, 3.8) is 0 Å². The number of ether oxygens (including phenoxy) is 1. The van der Waals surface area contributed by atoms with Crippen molar-refractivity contribution in [1.29, 1.82) is 0 Å². The molecule has 0 spiro atoms. The molecule has 2 aliphatic heterocycles. The Morgan fingerprint density at radius 1 is 1.10 bits per heavy atom. The Hall–Kier alpha value is -4.64. The zero-order valence-corrected chi connectivity index (χ0v) is 22.1. The highest BCUT2D eigenvalue weighted by molar-refractivity contribution is 5.99. The third-order valence-electron chi connectivity index (χ3n) is 7.61. The van der Waals surface area contributed by atoms with Crippen LogP contribution in [0.25, 0.3) is 33.5 Å². The lowest BCUT2D eigenvalue weighted by molar-refractivity contribution is -0.0391. The van der Waals surface area contributed by atoms with Crippen LogP contribution in [0.1, 0.15) is 16.9 Å². The Kier molecular flexibility index (Phi) is 6.23. The average Bonchev–Trinajstić information content (AvgIpc) is 3.70. The van der Waals surface area contributed by atoms with Gasteiger partial charge in [-0.3, -0.25) is 4.79 Å². The molecule has 2 saturated heterocycles. The number of fused-ring (bicyclic) bond motifs is 1. The van der Waals surface area contributed by atoms with Crippen LogP contribution in [0.4, 0.5) is 20.3 Å². The number of nitrogens with one attached hydrogen (secondary N) is 2. The molecule has 5 aromatic rings. The summed E-state index contributed by atoms with van der Waals surface area (Å²) in [6.45, 7) is 1.27. The number of carbonyl (C=O) groups is 1. The molecule has 0 atom stereocenters. The summed E-state index contributed by atoms with van der Waals surface area (Å²) in [5, 5.41) is 4.18. The van der Waals surface area contributed by atoms with Gasteiger partial charge in [-0.05, 0) is 35.9 Å². The number of imidazole rings is 1. The zero-order valence-electron chi connectivity index (χ0n) is 22.1. The number of rotatable bonds is 7. The van der Waals surface area contributed by atoms with E-state index >= 15 is 0 Å². The van der Waals surface area contributed by atoms with Crippen LogP contribution >= 0.6 is 0 Å². The summed E-state index contributed by atoms with van der Waals surface area (Å²) in [4.78, 5) is 31.0. The van der Waals surface area contributed by atoms with Crippen LogP contribution in [-0.2, 0) is 11.3 Å². The van der Waals surface area contributed by atoms with Crippen LogP contribution in [-0.4, -0.2) is 67.5 Å². The van der Waals surface area contributed by atoms with Gasteiger partial charge in [0.25, 0.3) is 11.8 Å². The van der Waals surface area contributed by atoms with Crippen molar-refractivity contribution in [2.24, 2.45) is 5.92 Å². The number of H-pyrrole nitrogens is 1. The van der Waals surface area contributed by atoms with Crippen molar-refractivity contribution in [3.8, 4) is 22.6 Å². The highest BCUT2D eigenvalue weighted by atomic mass is 19.3. The molecule has 0 bridgehead atoms. The second-order valence-corrected chi connectivity index (χ2v) is 10.6. The third kappa shape index (κ3) is 5.04. The lowest BCUT2D eigenvalue weighted by Gasteiger charge is -2.28. The van der Waals surface area contributed by atoms with Gasteiger partial charge in [-0.1, -0.05) is 24.3 Å². The molecule has 9 nitrogen and oxygen atoms in total. The molecule has 0 radical (unpaired) electrons. The maximum Gasteiger partial charge on any atom is 0.270 e. The van der Waals surface area contributed by atoms with Crippen molar-refractivity contribution < 1.29 is 18.3 Å². The number of amides is 1. The van der Waals surface area contributed by atoms with Gasteiger partial charge < -0.3 is 24.5 Å². The van der Waals surface area contributed by atoms with Gasteiger partial charge in [-0.25, -0.2) is 23.7 Å². The summed E-state index contributed by atoms with van der Waals surface area (Å²) in [5.74, 6) is -1.81. The number of alkyl halides is 2. The molecular weight excluding hydrogens is 528 g/mol. The lowest BCUT2D eigenvalue weighted by Crippen LogP contribution is -2.35. The SMILES string of the molecule is O=C(c1cc2ccc(-c3nccc(Nc4ccc(-c5cnc[nH]5)cc4)n3)cc2n1CC1COC1)N1CCC(F)(F)C1. The minimum Gasteiger partial charge on any atom is -0.381 e. The predicted molar refractivity (Wildman–Crippen MR) is 150 cm³/mol. The fourth-order valence-electron chi connectivity index (χ4n) is 5.35. The molecule has 208 valence electrons. The highest BCUT2D eigenvalue weighted by Gasteiger charge is 2.41. The number of benzene rings is 2. The Morgan fingerprint density at radius 2 is 1.93 bits per heavy atom. The summed E-state index contributed by atoms with van der Waals surface area (Å²) in [7, 11) is 0. The molecule has 41 heavy (non-hydrogen) atoms. The number of nitrogens with zero attached hydrogens (tertiary/aromatic N) is 5. The Labute approximate surface area is 234 Å². The number of carbonyl (C=O) groups excluding carboxylic acids is 1. The topological polar surface area (TPSA) is 101 Å².